The summed E-state index contributed by atoms with van der Waals surface area (Å²) in [5, 5.41) is 19.1. The summed E-state index contributed by atoms with van der Waals surface area (Å²) in [5.41, 5.74) is 1.44. The van der Waals surface area contributed by atoms with Crippen molar-refractivity contribution in [2.24, 2.45) is 0 Å². The Hall–Kier alpha value is -3.93. The van der Waals surface area contributed by atoms with Gasteiger partial charge in [-0.25, -0.2) is 4.79 Å². The Morgan fingerprint density at radius 2 is 1.81 bits per heavy atom. The number of ketones is 1. The maximum atomic E-state index is 13.5. The molecule has 0 saturated carbocycles. The molecule has 0 fully saturated rings. The lowest BCUT2D eigenvalue weighted by atomic mass is 9.96. The van der Waals surface area contributed by atoms with Crippen molar-refractivity contribution in [1.82, 2.24) is 4.57 Å². The second-order valence-corrected chi connectivity index (χ2v) is 8.90. The van der Waals surface area contributed by atoms with E-state index in [1.807, 2.05) is 6.92 Å². The smallest absolute Gasteiger partial charge is 0.335 e. The van der Waals surface area contributed by atoms with E-state index in [0.717, 1.165) is 0 Å². The molecule has 2 atom stereocenters. The number of carboxylic acids is 1. The number of aromatic nitrogens is 1. The lowest BCUT2D eigenvalue weighted by Crippen LogP contribution is -2.33. The van der Waals surface area contributed by atoms with Crippen molar-refractivity contribution >= 4 is 23.4 Å². The van der Waals surface area contributed by atoms with Crippen LogP contribution in [0.2, 0.25) is 5.02 Å². The average molecular weight is 523 g/mol. The molecule has 0 amide bonds. The number of hydrogen-bond donors (Lipinski definition) is 1. The summed E-state index contributed by atoms with van der Waals surface area (Å²) in [7, 11) is 2.99. The van der Waals surface area contributed by atoms with E-state index in [1.54, 1.807) is 37.4 Å². The number of aromatic carboxylic acids is 1. The maximum absolute atomic E-state index is 13.5. The molecular formula is C28H27ClN2O6. The number of carboxylic acid groups (broad SMARTS) is 1. The molecule has 3 rings (SSSR count). The van der Waals surface area contributed by atoms with E-state index in [2.05, 4.69) is 6.07 Å². The van der Waals surface area contributed by atoms with Crippen LogP contribution in [0.5, 0.6) is 5.75 Å². The van der Waals surface area contributed by atoms with Gasteiger partial charge in [0.1, 0.15) is 5.75 Å². The predicted octanol–water partition coefficient (Wildman–Crippen LogP) is 4.92. The summed E-state index contributed by atoms with van der Waals surface area (Å²) in [6.45, 7) is 1.93. The van der Waals surface area contributed by atoms with Crippen LogP contribution in [0.25, 0.3) is 11.1 Å². The van der Waals surface area contributed by atoms with Crippen LogP contribution in [0.15, 0.2) is 59.5 Å². The van der Waals surface area contributed by atoms with Gasteiger partial charge in [0.2, 0.25) is 0 Å². The first-order valence-corrected chi connectivity index (χ1v) is 12.0. The summed E-state index contributed by atoms with van der Waals surface area (Å²) in [6, 6.07) is 13.3. The third-order valence-corrected chi connectivity index (χ3v) is 6.45. The quantitative estimate of drug-likeness (QED) is 0.380. The van der Waals surface area contributed by atoms with Crippen molar-refractivity contribution in [3.05, 3.63) is 86.8 Å². The van der Waals surface area contributed by atoms with Crippen molar-refractivity contribution < 1.29 is 24.2 Å². The molecule has 8 nitrogen and oxygen atoms in total. The Balaban J connectivity index is 2.07. The predicted molar refractivity (Wildman–Crippen MR) is 139 cm³/mol. The highest BCUT2D eigenvalue weighted by Gasteiger charge is 2.27. The molecule has 1 aromatic heterocycles. The number of ether oxygens (including phenoxy) is 2. The van der Waals surface area contributed by atoms with Gasteiger partial charge >= 0.3 is 5.97 Å². The Labute approximate surface area is 219 Å². The SMILES string of the molecule is CCC(CC(C(=O)Cc1ccc(C(=O)O)cc1)n1cc(OC)c(-c2cc(Cl)ccc2C#N)cc1=O)OC. The fraction of sp³-hybridized carbons (Fsp3) is 0.286. The minimum atomic E-state index is -1.06. The van der Waals surface area contributed by atoms with Gasteiger partial charge in [0, 0.05) is 42.2 Å². The first kappa shape index (κ1) is 27.7. The molecule has 0 bridgehead atoms. The summed E-state index contributed by atoms with van der Waals surface area (Å²) in [5.74, 6) is -0.997. The zero-order valence-electron chi connectivity index (χ0n) is 20.7. The number of carbonyl (C=O) groups excluding carboxylic acids is 1. The monoisotopic (exact) mass is 522 g/mol. The van der Waals surface area contributed by atoms with Crippen LogP contribution < -0.4 is 10.3 Å². The molecule has 0 aliphatic rings. The minimum Gasteiger partial charge on any atom is -0.495 e. The van der Waals surface area contributed by atoms with Crippen molar-refractivity contribution in [3.8, 4) is 22.9 Å². The molecule has 9 heteroatoms. The number of methoxy groups -OCH3 is 2. The summed E-state index contributed by atoms with van der Waals surface area (Å²) < 4.78 is 12.4. The highest BCUT2D eigenvalue weighted by Crippen LogP contribution is 2.34. The topological polar surface area (TPSA) is 119 Å². The van der Waals surface area contributed by atoms with Gasteiger partial charge in [-0.15, -0.1) is 0 Å². The Bertz CT molecular complexity index is 1390. The largest absolute Gasteiger partial charge is 0.495 e. The minimum absolute atomic E-state index is 0.00586. The van der Waals surface area contributed by atoms with Crippen LogP contribution in [0.4, 0.5) is 0 Å². The first-order chi connectivity index (χ1) is 17.7. The second-order valence-electron chi connectivity index (χ2n) is 8.47. The molecule has 2 unspecified atom stereocenters. The molecule has 0 aliphatic carbocycles. The highest BCUT2D eigenvalue weighted by molar-refractivity contribution is 6.31. The van der Waals surface area contributed by atoms with Crippen LogP contribution in [0.3, 0.4) is 0 Å². The number of hydrogen-bond acceptors (Lipinski definition) is 6. The number of nitriles is 1. The number of rotatable bonds is 11. The number of pyridine rings is 1. The van der Waals surface area contributed by atoms with Gasteiger partial charge in [0.15, 0.2) is 5.78 Å². The van der Waals surface area contributed by atoms with E-state index in [1.165, 1.54) is 36.1 Å². The zero-order valence-corrected chi connectivity index (χ0v) is 21.5. The lowest BCUT2D eigenvalue weighted by Gasteiger charge is -2.24. The van der Waals surface area contributed by atoms with Crippen LogP contribution >= 0.6 is 11.6 Å². The van der Waals surface area contributed by atoms with E-state index in [9.17, 15) is 19.6 Å². The van der Waals surface area contributed by atoms with E-state index in [-0.39, 0.29) is 30.3 Å². The summed E-state index contributed by atoms with van der Waals surface area (Å²) in [4.78, 5) is 38.0. The third kappa shape index (κ3) is 6.45. The Morgan fingerprint density at radius 3 is 2.38 bits per heavy atom. The third-order valence-electron chi connectivity index (χ3n) is 6.22. The average Bonchev–Trinajstić information content (AvgIpc) is 2.89. The number of Topliss-reactive ketones (excluding diaryl/α,β-unsaturated/α-hetero) is 1. The van der Waals surface area contributed by atoms with Gasteiger partial charge in [-0.3, -0.25) is 9.59 Å². The van der Waals surface area contributed by atoms with E-state index in [4.69, 9.17) is 26.2 Å². The first-order valence-electron chi connectivity index (χ1n) is 11.6. The van der Waals surface area contributed by atoms with E-state index in [0.29, 0.717) is 39.4 Å². The van der Waals surface area contributed by atoms with E-state index >= 15 is 0 Å². The van der Waals surface area contributed by atoms with Crippen molar-refractivity contribution in [3.63, 3.8) is 0 Å². The zero-order chi connectivity index (χ0) is 27.1. The van der Waals surface area contributed by atoms with Gasteiger partial charge in [0.05, 0.1) is 42.6 Å². The van der Waals surface area contributed by atoms with Gasteiger partial charge in [-0.05, 0) is 42.3 Å². The van der Waals surface area contributed by atoms with Crippen molar-refractivity contribution in [2.75, 3.05) is 14.2 Å². The lowest BCUT2D eigenvalue weighted by molar-refractivity contribution is -0.122. The number of benzene rings is 2. The molecule has 192 valence electrons. The molecule has 0 saturated heterocycles. The van der Waals surface area contributed by atoms with E-state index < -0.39 is 17.6 Å². The number of halogens is 1. The molecule has 1 N–H and O–H groups in total. The number of nitrogens with zero attached hydrogens (tertiary/aromatic N) is 2. The highest BCUT2D eigenvalue weighted by atomic mass is 35.5. The van der Waals surface area contributed by atoms with Crippen LogP contribution in [0, 0.1) is 11.3 Å². The van der Waals surface area contributed by atoms with Crippen LogP contribution in [-0.4, -0.2) is 41.7 Å². The molecule has 1 heterocycles. The summed E-state index contributed by atoms with van der Waals surface area (Å²) >= 11 is 6.15. The van der Waals surface area contributed by atoms with Gasteiger partial charge in [-0.2, -0.15) is 5.26 Å². The molecular weight excluding hydrogens is 496 g/mol. The molecule has 37 heavy (non-hydrogen) atoms. The Morgan fingerprint density at radius 1 is 1.11 bits per heavy atom. The summed E-state index contributed by atoms with van der Waals surface area (Å²) in [6.07, 6.45) is 2.07. The maximum Gasteiger partial charge on any atom is 0.335 e. The standard InChI is InChI=1S/C28H27ClN2O6/c1-4-21(36-2)13-24(25(32)11-17-5-7-18(8-6-17)28(34)35)31-16-26(37-3)23(14-27(31)33)22-12-20(29)10-9-19(22)15-30/h5-10,12,14,16,21,24H,4,11,13H2,1-3H3,(H,34,35). The molecule has 0 aliphatic heterocycles. The molecule has 0 radical (unpaired) electrons. The Kier molecular flexibility index (Phi) is 9.23. The van der Waals surface area contributed by atoms with Gasteiger partial charge in [-0.1, -0.05) is 30.7 Å². The van der Waals surface area contributed by atoms with Gasteiger partial charge in [0.25, 0.3) is 5.56 Å². The molecule has 0 spiro atoms. The van der Waals surface area contributed by atoms with Gasteiger partial charge < -0.3 is 19.1 Å². The normalized spacial score (nSPS) is 12.4. The number of carbonyl (C=O) groups is 2. The fourth-order valence-corrected chi connectivity index (χ4v) is 4.32. The fourth-order valence-electron chi connectivity index (χ4n) is 4.15. The second kappa shape index (κ2) is 12.3. The molecule has 2 aromatic carbocycles. The van der Waals surface area contributed by atoms with Crippen LogP contribution in [-0.2, 0) is 16.0 Å². The van der Waals surface area contributed by atoms with Crippen LogP contribution in [0.1, 0.15) is 47.3 Å². The van der Waals surface area contributed by atoms with Crippen molar-refractivity contribution in [1.29, 1.82) is 5.26 Å². The molecule has 3 aromatic rings. The van der Waals surface area contributed by atoms with Crippen molar-refractivity contribution in [2.45, 2.75) is 38.3 Å².